The van der Waals surface area contributed by atoms with Gasteiger partial charge in [0.2, 0.25) is 0 Å². The van der Waals surface area contributed by atoms with Crippen molar-refractivity contribution in [1.29, 1.82) is 0 Å². The number of para-hydroxylation sites is 1. The minimum Gasteiger partial charge on any atom is -0.492 e. The average Bonchev–Trinajstić information content (AvgIpc) is 3.14. The summed E-state index contributed by atoms with van der Waals surface area (Å²) in [7, 11) is 0. The molecule has 2 aliphatic rings. The minimum absolute atomic E-state index is 0.0121. The molecule has 0 unspecified atom stereocenters. The number of amides is 1. The maximum atomic E-state index is 13.4. The van der Waals surface area contributed by atoms with Crippen molar-refractivity contribution in [2.45, 2.75) is 18.3 Å². The molecule has 1 N–H and O–H groups in total. The van der Waals surface area contributed by atoms with Crippen molar-refractivity contribution >= 4 is 40.5 Å². The van der Waals surface area contributed by atoms with Crippen molar-refractivity contribution in [3.63, 3.8) is 0 Å². The molecule has 1 spiro atoms. The Morgan fingerprint density at radius 2 is 1.87 bits per heavy atom. The van der Waals surface area contributed by atoms with E-state index in [2.05, 4.69) is 22.4 Å². The molecule has 3 aromatic rings. The number of halogens is 2. The third-order valence-electron chi connectivity index (χ3n) is 6.19. The van der Waals surface area contributed by atoms with Gasteiger partial charge in [-0.15, -0.1) is 0 Å². The number of likely N-dealkylation sites (tertiary alicyclic amines) is 1. The Morgan fingerprint density at radius 1 is 1.06 bits per heavy atom. The molecule has 0 bridgehead atoms. The predicted molar refractivity (Wildman–Crippen MR) is 123 cm³/mol. The highest BCUT2D eigenvalue weighted by atomic mass is 35.5. The number of nitrogens with zero attached hydrogens (tertiary/aromatic N) is 2. The Bertz CT molecular complexity index is 1140. The van der Waals surface area contributed by atoms with Gasteiger partial charge in [0.1, 0.15) is 5.75 Å². The summed E-state index contributed by atoms with van der Waals surface area (Å²) in [6.45, 7) is 1.98. The number of carbonyl (C=O) groups excluding carboxylic acids is 1. The molecule has 2 aromatic carbocycles. The third kappa shape index (κ3) is 3.73. The smallest absolute Gasteiger partial charge is 0.257 e. The number of fused-ring (bicyclic) bond motifs is 2. The summed E-state index contributed by atoms with van der Waals surface area (Å²) in [5.41, 5.74) is 2.99. The second-order valence-corrected chi connectivity index (χ2v) is 8.88. The van der Waals surface area contributed by atoms with E-state index >= 15 is 0 Å². The zero-order valence-electron chi connectivity index (χ0n) is 16.8. The third-order valence-corrected chi connectivity index (χ3v) is 6.72. The van der Waals surface area contributed by atoms with Crippen LogP contribution in [0.5, 0.6) is 5.75 Å². The number of ether oxygens (including phenoxy) is 1. The lowest BCUT2D eigenvalue weighted by atomic mass is 9.74. The van der Waals surface area contributed by atoms with Gasteiger partial charge in [-0.05, 0) is 37.1 Å². The van der Waals surface area contributed by atoms with Crippen LogP contribution >= 0.6 is 23.2 Å². The van der Waals surface area contributed by atoms with Crippen LogP contribution in [0.1, 0.15) is 28.8 Å². The van der Waals surface area contributed by atoms with Crippen molar-refractivity contribution in [3.05, 3.63) is 82.1 Å². The lowest BCUT2D eigenvalue weighted by Gasteiger charge is -2.38. The second-order valence-electron chi connectivity index (χ2n) is 8.04. The molecule has 1 aromatic heterocycles. The molecule has 158 valence electrons. The van der Waals surface area contributed by atoms with Crippen molar-refractivity contribution in [3.8, 4) is 5.75 Å². The zero-order valence-corrected chi connectivity index (χ0v) is 18.3. The summed E-state index contributed by atoms with van der Waals surface area (Å²) in [5, 5.41) is 4.23. The van der Waals surface area contributed by atoms with Crippen LogP contribution in [0.15, 0.2) is 60.9 Å². The van der Waals surface area contributed by atoms with Crippen LogP contribution in [0.4, 0.5) is 11.4 Å². The number of piperidine rings is 1. The van der Waals surface area contributed by atoms with Gasteiger partial charge in [0.15, 0.2) is 0 Å². The lowest BCUT2D eigenvalue weighted by molar-refractivity contribution is 0.0647. The number of aromatic nitrogens is 1. The summed E-state index contributed by atoms with van der Waals surface area (Å²) >= 11 is 12.5. The Morgan fingerprint density at radius 3 is 2.68 bits per heavy atom. The van der Waals surface area contributed by atoms with Gasteiger partial charge in [0.25, 0.3) is 5.91 Å². The topological polar surface area (TPSA) is 54.5 Å². The minimum atomic E-state index is -0.0819. The standard InChI is InChI=1S/C24H21Cl2N3O2/c25-16-4-3-5-17(12-16)28-22-18(13-27-14-20(22)26)23(30)29-10-8-24(9-11-29)15-31-21-7-2-1-6-19(21)24/h1-7,12-14H,8-11,15H2,(H,27,28). The molecule has 3 heterocycles. The Labute approximate surface area is 190 Å². The van der Waals surface area contributed by atoms with Gasteiger partial charge in [-0.2, -0.15) is 0 Å². The van der Waals surface area contributed by atoms with Gasteiger partial charge in [-0.25, -0.2) is 0 Å². The quantitative estimate of drug-likeness (QED) is 0.552. The molecular weight excluding hydrogens is 433 g/mol. The largest absolute Gasteiger partial charge is 0.492 e. The number of rotatable bonds is 3. The van der Waals surface area contributed by atoms with Crippen molar-refractivity contribution in [1.82, 2.24) is 9.88 Å². The molecular formula is C24H21Cl2N3O2. The Kier molecular flexibility index (Phi) is 5.24. The summed E-state index contributed by atoms with van der Waals surface area (Å²) in [4.78, 5) is 19.4. The van der Waals surface area contributed by atoms with Crippen LogP contribution < -0.4 is 10.1 Å². The van der Waals surface area contributed by atoms with Crippen molar-refractivity contribution in [2.24, 2.45) is 0 Å². The number of anilines is 2. The summed E-state index contributed by atoms with van der Waals surface area (Å²) in [6, 6.07) is 15.5. The highest BCUT2D eigenvalue weighted by Crippen LogP contribution is 2.45. The van der Waals surface area contributed by atoms with E-state index < -0.39 is 0 Å². The predicted octanol–water partition coefficient (Wildman–Crippen LogP) is 5.70. The van der Waals surface area contributed by atoms with Gasteiger partial charge in [-0.3, -0.25) is 9.78 Å². The first-order chi connectivity index (χ1) is 15.1. The lowest BCUT2D eigenvalue weighted by Crippen LogP contribution is -2.46. The number of nitrogens with one attached hydrogen (secondary N) is 1. The molecule has 0 saturated carbocycles. The normalized spacial score (nSPS) is 16.6. The van der Waals surface area contributed by atoms with Crippen LogP contribution in [0.25, 0.3) is 0 Å². The van der Waals surface area contributed by atoms with Gasteiger partial charge in [0.05, 0.1) is 22.9 Å². The number of benzene rings is 2. The summed E-state index contributed by atoms with van der Waals surface area (Å²) in [5.74, 6) is 0.885. The van der Waals surface area contributed by atoms with Crippen LogP contribution in [0.2, 0.25) is 10.0 Å². The van der Waals surface area contributed by atoms with Crippen LogP contribution in [-0.4, -0.2) is 35.5 Å². The first-order valence-corrected chi connectivity index (χ1v) is 11.0. The molecule has 1 fully saturated rings. The molecule has 0 aliphatic carbocycles. The molecule has 0 atom stereocenters. The van der Waals surface area contributed by atoms with E-state index in [1.54, 1.807) is 18.3 Å². The first kappa shape index (κ1) is 20.2. The average molecular weight is 454 g/mol. The fraction of sp³-hybridized carbons (Fsp3) is 0.250. The fourth-order valence-corrected chi connectivity index (χ4v) is 4.88. The van der Waals surface area contributed by atoms with Crippen molar-refractivity contribution < 1.29 is 9.53 Å². The maximum absolute atomic E-state index is 13.4. The fourth-order valence-electron chi connectivity index (χ4n) is 4.48. The number of pyridine rings is 1. The van der Waals surface area contributed by atoms with E-state index in [4.69, 9.17) is 27.9 Å². The van der Waals surface area contributed by atoms with Crippen LogP contribution in [-0.2, 0) is 5.41 Å². The first-order valence-electron chi connectivity index (χ1n) is 10.2. The molecule has 31 heavy (non-hydrogen) atoms. The van der Waals surface area contributed by atoms with E-state index in [1.807, 2.05) is 29.2 Å². The van der Waals surface area contributed by atoms with E-state index in [1.165, 1.54) is 11.8 Å². The van der Waals surface area contributed by atoms with Gasteiger partial charge in [0, 0.05) is 47.2 Å². The molecule has 5 rings (SSSR count). The van der Waals surface area contributed by atoms with Gasteiger partial charge in [-0.1, -0.05) is 47.5 Å². The van der Waals surface area contributed by atoms with Crippen LogP contribution in [0.3, 0.4) is 0 Å². The molecule has 0 radical (unpaired) electrons. The number of carbonyl (C=O) groups is 1. The summed E-state index contributed by atoms with van der Waals surface area (Å²) in [6.07, 6.45) is 4.82. The molecule has 1 amide bonds. The molecule has 2 aliphatic heterocycles. The molecule has 5 nitrogen and oxygen atoms in total. The second kappa shape index (κ2) is 8.06. The van der Waals surface area contributed by atoms with Crippen LogP contribution in [0, 0.1) is 0 Å². The molecule has 1 saturated heterocycles. The van der Waals surface area contributed by atoms with Gasteiger partial charge >= 0.3 is 0 Å². The Balaban J connectivity index is 1.37. The summed E-state index contributed by atoms with van der Waals surface area (Å²) < 4.78 is 5.93. The van der Waals surface area contributed by atoms with E-state index in [0.717, 1.165) is 24.3 Å². The number of hydrogen-bond donors (Lipinski definition) is 1. The van der Waals surface area contributed by atoms with Gasteiger partial charge < -0.3 is 15.0 Å². The van der Waals surface area contributed by atoms with E-state index in [0.29, 0.717) is 41.0 Å². The highest BCUT2D eigenvalue weighted by Gasteiger charge is 2.43. The molecule has 7 heteroatoms. The maximum Gasteiger partial charge on any atom is 0.257 e. The van der Waals surface area contributed by atoms with E-state index in [9.17, 15) is 4.79 Å². The highest BCUT2D eigenvalue weighted by molar-refractivity contribution is 6.34. The monoisotopic (exact) mass is 453 g/mol. The number of hydrogen-bond acceptors (Lipinski definition) is 4. The zero-order chi connectivity index (χ0) is 21.4. The van der Waals surface area contributed by atoms with Crippen molar-refractivity contribution in [2.75, 3.05) is 25.0 Å². The Hall–Kier alpha value is -2.76. The van der Waals surface area contributed by atoms with E-state index in [-0.39, 0.29) is 11.3 Å². The SMILES string of the molecule is O=C(c1cncc(Cl)c1Nc1cccc(Cl)c1)N1CCC2(CC1)COc1ccccc12.